The Hall–Kier alpha value is -1.58. The number of hydrogen-bond donors (Lipinski definition) is 0. The van der Waals surface area contributed by atoms with Crippen LogP contribution in [0, 0.1) is 11.3 Å². The van der Waals surface area contributed by atoms with Gasteiger partial charge in [0.05, 0.1) is 28.3 Å². The molecule has 0 spiro atoms. The van der Waals surface area contributed by atoms with Crippen molar-refractivity contribution in [2.24, 2.45) is 0 Å². The molecule has 0 unspecified atom stereocenters. The standard InChI is InChI=1S/C9H9BrN2.C9H10BrNO/c1-9(2,6-11)8-4-3-7(10)5-12-8;1-9(2,6-12)8-4-3-7(10)5-11-8/h3-5H,1-2H3;3-6H,1-2H3. The predicted molar refractivity (Wildman–Crippen MR) is 102 cm³/mol. The molecule has 126 valence electrons. The summed E-state index contributed by atoms with van der Waals surface area (Å²) in [7, 11) is 0. The lowest BCUT2D eigenvalue weighted by molar-refractivity contribution is -0.111. The molecular weight excluding hydrogens is 434 g/mol. The molecule has 0 N–H and O–H groups in total. The first-order valence-electron chi connectivity index (χ1n) is 7.24. The fourth-order valence-electron chi connectivity index (χ4n) is 1.62. The van der Waals surface area contributed by atoms with Gasteiger partial charge in [0.2, 0.25) is 0 Å². The van der Waals surface area contributed by atoms with Crippen molar-refractivity contribution in [1.29, 1.82) is 5.26 Å². The Labute approximate surface area is 159 Å². The normalized spacial score (nSPS) is 11.0. The molecule has 0 atom stereocenters. The van der Waals surface area contributed by atoms with Gasteiger partial charge < -0.3 is 4.79 Å². The summed E-state index contributed by atoms with van der Waals surface area (Å²) in [5.41, 5.74) is 0.607. The maximum atomic E-state index is 10.7. The highest BCUT2D eigenvalue weighted by Crippen LogP contribution is 2.21. The third-order valence-corrected chi connectivity index (χ3v) is 4.27. The highest BCUT2D eigenvalue weighted by Gasteiger charge is 2.21. The first kappa shape index (κ1) is 20.5. The maximum absolute atomic E-state index is 10.7. The van der Waals surface area contributed by atoms with E-state index in [1.165, 1.54) is 0 Å². The lowest BCUT2D eigenvalue weighted by Crippen LogP contribution is -2.20. The molecule has 2 heterocycles. The molecule has 0 aliphatic rings. The third-order valence-electron chi connectivity index (χ3n) is 3.33. The highest BCUT2D eigenvalue weighted by molar-refractivity contribution is 9.10. The van der Waals surface area contributed by atoms with Gasteiger partial charge in [0, 0.05) is 21.3 Å². The van der Waals surface area contributed by atoms with Crippen LogP contribution in [0.15, 0.2) is 45.6 Å². The first-order chi connectivity index (χ1) is 11.1. The molecule has 4 nitrogen and oxygen atoms in total. The van der Waals surface area contributed by atoms with Crippen molar-refractivity contribution in [2.75, 3.05) is 0 Å². The van der Waals surface area contributed by atoms with Gasteiger partial charge in [0.25, 0.3) is 0 Å². The topological polar surface area (TPSA) is 66.6 Å². The van der Waals surface area contributed by atoms with Crippen LogP contribution < -0.4 is 0 Å². The number of aldehydes is 1. The SMILES string of the molecule is CC(C)(C#N)c1ccc(Br)cn1.CC(C)(C=O)c1ccc(Br)cn1. The van der Waals surface area contributed by atoms with Gasteiger partial charge in [-0.05, 0) is 83.8 Å². The van der Waals surface area contributed by atoms with Crippen LogP contribution in [0.3, 0.4) is 0 Å². The summed E-state index contributed by atoms with van der Waals surface area (Å²) >= 11 is 6.57. The van der Waals surface area contributed by atoms with E-state index in [0.717, 1.165) is 26.6 Å². The average Bonchev–Trinajstić information content (AvgIpc) is 2.56. The van der Waals surface area contributed by atoms with Crippen molar-refractivity contribution in [3.63, 3.8) is 0 Å². The van der Waals surface area contributed by atoms with Crippen LogP contribution in [-0.4, -0.2) is 16.3 Å². The average molecular weight is 453 g/mol. The Kier molecular flexibility index (Phi) is 7.25. The van der Waals surface area contributed by atoms with Crippen LogP contribution in [-0.2, 0) is 15.6 Å². The van der Waals surface area contributed by atoms with Crippen molar-refractivity contribution < 1.29 is 4.79 Å². The van der Waals surface area contributed by atoms with E-state index in [1.807, 2.05) is 52.0 Å². The number of halogens is 2. The maximum Gasteiger partial charge on any atom is 0.131 e. The quantitative estimate of drug-likeness (QED) is 0.616. The van der Waals surface area contributed by atoms with E-state index in [0.29, 0.717) is 0 Å². The van der Waals surface area contributed by atoms with Gasteiger partial charge in [0.1, 0.15) is 6.29 Å². The summed E-state index contributed by atoms with van der Waals surface area (Å²) in [6, 6.07) is 9.67. The van der Waals surface area contributed by atoms with Crippen LogP contribution in [0.2, 0.25) is 0 Å². The number of nitriles is 1. The Morgan fingerprint density at radius 1 is 0.958 bits per heavy atom. The third kappa shape index (κ3) is 5.81. The molecule has 0 aliphatic heterocycles. The molecule has 2 rings (SSSR count). The molecule has 0 radical (unpaired) electrons. The number of aromatic nitrogens is 2. The van der Waals surface area contributed by atoms with Crippen molar-refractivity contribution >= 4 is 38.1 Å². The van der Waals surface area contributed by atoms with Gasteiger partial charge in [0.15, 0.2) is 0 Å². The lowest BCUT2D eigenvalue weighted by Gasteiger charge is -2.15. The largest absolute Gasteiger partial charge is 0.302 e. The van der Waals surface area contributed by atoms with E-state index in [1.54, 1.807) is 12.4 Å². The van der Waals surface area contributed by atoms with E-state index in [4.69, 9.17) is 5.26 Å². The zero-order valence-corrected chi connectivity index (χ0v) is 17.2. The Morgan fingerprint density at radius 2 is 1.42 bits per heavy atom. The van der Waals surface area contributed by atoms with Crippen LogP contribution in [0.4, 0.5) is 0 Å². The molecular formula is C18H19Br2N3O. The van der Waals surface area contributed by atoms with E-state index in [9.17, 15) is 4.79 Å². The monoisotopic (exact) mass is 451 g/mol. The molecule has 0 aromatic carbocycles. The second-order valence-electron chi connectivity index (χ2n) is 6.30. The molecule has 2 aromatic rings. The summed E-state index contributed by atoms with van der Waals surface area (Å²) < 4.78 is 1.85. The van der Waals surface area contributed by atoms with Gasteiger partial charge in [-0.3, -0.25) is 9.97 Å². The van der Waals surface area contributed by atoms with Crippen molar-refractivity contribution in [1.82, 2.24) is 9.97 Å². The number of carbonyl (C=O) groups is 1. The number of rotatable bonds is 3. The summed E-state index contributed by atoms with van der Waals surface area (Å²) in [5, 5.41) is 8.82. The molecule has 0 fully saturated rings. The van der Waals surface area contributed by atoms with E-state index in [-0.39, 0.29) is 0 Å². The van der Waals surface area contributed by atoms with Gasteiger partial charge in [-0.1, -0.05) is 0 Å². The van der Waals surface area contributed by atoms with E-state index < -0.39 is 10.8 Å². The Morgan fingerprint density at radius 3 is 1.75 bits per heavy atom. The fraction of sp³-hybridized carbons (Fsp3) is 0.333. The molecule has 0 bridgehead atoms. The number of pyridine rings is 2. The van der Waals surface area contributed by atoms with Crippen LogP contribution in [0.1, 0.15) is 39.1 Å². The minimum Gasteiger partial charge on any atom is -0.302 e. The van der Waals surface area contributed by atoms with E-state index >= 15 is 0 Å². The molecule has 0 aliphatic carbocycles. The first-order valence-corrected chi connectivity index (χ1v) is 8.82. The summed E-state index contributed by atoms with van der Waals surface area (Å²) in [4.78, 5) is 19.0. The number of nitrogens with zero attached hydrogens (tertiary/aromatic N) is 3. The zero-order valence-electron chi connectivity index (χ0n) is 14.0. The molecule has 0 saturated carbocycles. The second-order valence-corrected chi connectivity index (χ2v) is 8.13. The molecule has 6 heteroatoms. The minimum absolute atomic E-state index is 0.485. The van der Waals surface area contributed by atoms with Gasteiger partial charge >= 0.3 is 0 Å². The Bertz CT molecular complexity index is 717. The van der Waals surface area contributed by atoms with Crippen molar-refractivity contribution in [2.45, 2.75) is 38.5 Å². The summed E-state index contributed by atoms with van der Waals surface area (Å²) in [6.07, 6.45) is 4.30. The lowest BCUT2D eigenvalue weighted by atomic mass is 9.91. The highest BCUT2D eigenvalue weighted by atomic mass is 79.9. The molecule has 2 aromatic heterocycles. The van der Waals surface area contributed by atoms with Gasteiger partial charge in [-0.25, -0.2) is 0 Å². The Balaban J connectivity index is 0.000000240. The molecule has 0 amide bonds. The van der Waals surface area contributed by atoms with Gasteiger partial charge in [-0.15, -0.1) is 0 Å². The number of carbonyl (C=O) groups excluding carboxylic acids is 1. The smallest absolute Gasteiger partial charge is 0.131 e. The zero-order chi connectivity index (χ0) is 18.4. The molecule has 24 heavy (non-hydrogen) atoms. The summed E-state index contributed by atoms with van der Waals surface area (Å²) in [5.74, 6) is 0. The van der Waals surface area contributed by atoms with Gasteiger partial charge in [-0.2, -0.15) is 5.26 Å². The summed E-state index contributed by atoms with van der Waals surface area (Å²) in [6.45, 7) is 7.39. The fourth-order valence-corrected chi connectivity index (χ4v) is 2.09. The van der Waals surface area contributed by atoms with E-state index in [2.05, 4.69) is 47.9 Å². The minimum atomic E-state index is -0.499. The van der Waals surface area contributed by atoms with Crippen molar-refractivity contribution in [3.8, 4) is 6.07 Å². The van der Waals surface area contributed by atoms with Crippen LogP contribution in [0.25, 0.3) is 0 Å². The van der Waals surface area contributed by atoms with Crippen LogP contribution in [0.5, 0.6) is 0 Å². The second kappa shape index (κ2) is 8.50. The molecule has 0 saturated heterocycles. The number of hydrogen-bond acceptors (Lipinski definition) is 4. The van der Waals surface area contributed by atoms with Crippen molar-refractivity contribution in [3.05, 3.63) is 57.0 Å². The van der Waals surface area contributed by atoms with Crippen LogP contribution >= 0.6 is 31.9 Å². The predicted octanol–water partition coefficient (Wildman–Crippen LogP) is 4.97.